The van der Waals surface area contributed by atoms with E-state index in [1.54, 1.807) is 0 Å². The van der Waals surface area contributed by atoms with Crippen molar-refractivity contribution in [1.82, 2.24) is 0 Å². The molecule has 36 heavy (non-hydrogen) atoms. The van der Waals surface area contributed by atoms with Crippen molar-refractivity contribution in [2.45, 2.75) is 40.0 Å². The molecule has 0 fully saturated rings. The fourth-order valence-electron chi connectivity index (χ4n) is 6.90. The van der Waals surface area contributed by atoms with Crippen LogP contribution in [0.4, 0.5) is 17.1 Å². The minimum atomic E-state index is -0.0917. The highest BCUT2D eigenvalue weighted by Crippen LogP contribution is 2.44. The van der Waals surface area contributed by atoms with Crippen molar-refractivity contribution in [3.05, 3.63) is 119 Å². The van der Waals surface area contributed by atoms with E-state index in [1.807, 2.05) is 0 Å². The van der Waals surface area contributed by atoms with Crippen LogP contribution in [0.5, 0.6) is 0 Å². The Hall–Kier alpha value is -3.78. The molecule has 0 N–H and O–H groups in total. The zero-order chi connectivity index (χ0) is 24.8. The van der Waals surface area contributed by atoms with Gasteiger partial charge in [-0.3, -0.25) is 0 Å². The summed E-state index contributed by atoms with van der Waals surface area (Å²) in [5.41, 5.74) is 15.0. The fraction of sp³-hybridized carbons (Fsp3) is 0.176. The summed E-state index contributed by atoms with van der Waals surface area (Å²) >= 11 is 0. The minimum absolute atomic E-state index is 0.0917. The molecule has 1 nitrogen and oxygen atoms in total. The molecule has 0 saturated carbocycles. The number of aryl methyl sites for hydroxylation is 3. The van der Waals surface area contributed by atoms with Crippen LogP contribution in [-0.4, -0.2) is 6.71 Å². The predicted molar refractivity (Wildman–Crippen MR) is 156 cm³/mol. The third-order valence-electron chi connectivity index (χ3n) is 8.51. The van der Waals surface area contributed by atoms with Gasteiger partial charge in [-0.15, -0.1) is 0 Å². The van der Waals surface area contributed by atoms with Crippen LogP contribution in [0.2, 0.25) is 0 Å². The van der Waals surface area contributed by atoms with Gasteiger partial charge in [-0.25, -0.2) is 0 Å². The third-order valence-corrected chi connectivity index (χ3v) is 8.51. The van der Waals surface area contributed by atoms with Gasteiger partial charge in [0, 0.05) is 22.5 Å². The number of nitrogens with zero attached hydrogens (tertiary/aromatic N) is 1. The topological polar surface area (TPSA) is 3.24 Å². The first-order valence-corrected chi connectivity index (χ1v) is 13.0. The van der Waals surface area contributed by atoms with Gasteiger partial charge < -0.3 is 4.90 Å². The lowest BCUT2D eigenvalue weighted by molar-refractivity contribution is 0.642. The van der Waals surface area contributed by atoms with Crippen LogP contribution in [0.3, 0.4) is 0 Å². The molecule has 2 aliphatic rings. The second-order valence-electron chi connectivity index (χ2n) is 11.3. The van der Waals surface area contributed by atoms with Crippen molar-refractivity contribution in [3.63, 3.8) is 0 Å². The van der Waals surface area contributed by atoms with Gasteiger partial charge >= 0.3 is 0 Å². The zero-order valence-electron chi connectivity index (χ0n) is 21.7. The van der Waals surface area contributed by atoms with Crippen molar-refractivity contribution < 1.29 is 0 Å². The van der Waals surface area contributed by atoms with Gasteiger partial charge in [-0.05, 0) is 83.4 Å². The molecule has 0 bridgehead atoms. The van der Waals surface area contributed by atoms with Gasteiger partial charge in [0.1, 0.15) is 0 Å². The van der Waals surface area contributed by atoms with Crippen LogP contribution >= 0.6 is 0 Å². The van der Waals surface area contributed by atoms with Crippen LogP contribution in [0.1, 0.15) is 41.7 Å². The molecule has 0 atom stereocenters. The number of rotatable bonds is 1. The van der Waals surface area contributed by atoms with Crippen molar-refractivity contribution in [3.8, 4) is 0 Å². The lowest BCUT2D eigenvalue weighted by Gasteiger charge is -2.46. The van der Waals surface area contributed by atoms with Crippen molar-refractivity contribution in [2.75, 3.05) is 4.90 Å². The number of hydrogen-bond donors (Lipinski definition) is 0. The third kappa shape index (κ3) is 2.85. The van der Waals surface area contributed by atoms with E-state index in [0.717, 1.165) is 0 Å². The quantitative estimate of drug-likeness (QED) is 0.245. The average molecular weight is 463 g/mol. The molecule has 174 valence electrons. The van der Waals surface area contributed by atoms with Crippen LogP contribution in [0.15, 0.2) is 91.0 Å². The Balaban J connectivity index is 1.62. The maximum absolute atomic E-state index is 2.49. The largest absolute Gasteiger partial charge is 0.312 e. The summed E-state index contributed by atoms with van der Waals surface area (Å²) in [6.07, 6.45) is 0. The molecule has 0 amide bonds. The normalized spacial score (nSPS) is 14.9. The van der Waals surface area contributed by atoms with Gasteiger partial charge in [-0.2, -0.15) is 0 Å². The molecule has 0 aromatic heterocycles. The molecule has 2 aliphatic heterocycles. The van der Waals surface area contributed by atoms with E-state index in [1.165, 1.54) is 72.0 Å². The lowest BCUT2D eigenvalue weighted by Crippen LogP contribution is -2.64. The van der Waals surface area contributed by atoms with Crippen molar-refractivity contribution in [1.29, 1.82) is 0 Å². The standard InChI is InChI=1S/C34H30BN/c1-21-10-14-26(15-11-21)36-30-16-12-22(2)18-29(30)35-28-20-25-9-7-6-8-24(25)19-27(28)34(4,5)32-23(3)13-17-31(36)33(32)35/h6-20H,1-5H3. The van der Waals surface area contributed by atoms with Gasteiger partial charge in [0.05, 0.1) is 0 Å². The van der Waals surface area contributed by atoms with Crippen LogP contribution < -0.4 is 21.3 Å². The van der Waals surface area contributed by atoms with Gasteiger partial charge in [0.2, 0.25) is 6.71 Å². The minimum Gasteiger partial charge on any atom is -0.312 e. The Morgan fingerprint density at radius 3 is 2.06 bits per heavy atom. The SMILES string of the molecule is Cc1ccc(N2c3ccc(C)cc3B3c4cc5ccccc5cc4C(C)(C)c4c(C)ccc2c43)cc1. The number of anilines is 3. The molecule has 2 heterocycles. The molecule has 7 rings (SSSR count). The van der Waals surface area contributed by atoms with E-state index in [9.17, 15) is 0 Å². The van der Waals surface area contributed by atoms with Gasteiger partial charge in [0.15, 0.2) is 0 Å². The highest BCUT2D eigenvalue weighted by atomic mass is 15.1. The number of benzene rings is 5. The van der Waals surface area contributed by atoms with Gasteiger partial charge in [-0.1, -0.05) is 97.2 Å². The van der Waals surface area contributed by atoms with E-state index in [-0.39, 0.29) is 12.1 Å². The van der Waals surface area contributed by atoms with E-state index in [2.05, 4.69) is 131 Å². The first-order valence-electron chi connectivity index (χ1n) is 13.0. The summed E-state index contributed by atoms with van der Waals surface area (Å²) in [4.78, 5) is 2.49. The second kappa shape index (κ2) is 7.37. The predicted octanol–water partition coefficient (Wildman–Crippen LogP) is 6.70. The first kappa shape index (κ1) is 21.5. The van der Waals surface area contributed by atoms with Crippen LogP contribution in [0, 0.1) is 20.8 Å². The molecular weight excluding hydrogens is 433 g/mol. The van der Waals surface area contributed by atoms with Crippen molar-refractivity contribution in [2.24, 2.45) is 0 Å². The summed E-state index contributed by atoms with van der Waals surface area (Å²) in [6, 6.07) is 34.4. The Morgan fingerprint density at radius 1 is 0.639 bits per heavy atom. The molecule has 5 aromatic carbocycles. The molecule has 0 aliphatic carbocycles. The molecular formula is C34H30BN. The summed E-state index contributed by atoms with van der Waals surface area (Å²) in [5.74, 6) is 0. The van der Waals surface area contributed by atoms with E-state index in [4.69, 9.17) is 0 Å². The highest BCUT2D eigenvalue weighted by molar-refractivity contribution is 6.99. The van der Waals surface area contributed by atoms with E-state index in [0.29, 0.717) is 0 Å². The summed E-state index contributed by atoms with van der Waals surface area (Å²) in [6.45, 7) is 11.7. The Bertz CT molecular complexity index is 1690. The summed E-state index contributed by atoms with van der Waals surface area (Å²) in [5, 5.41) is 2.64. The Labute approximate surface area is 214 Å². The first-order chi connectivity index (χ1) is 17.3. The molecule has 0 saturated heterocycles. The number of fused-ring (bicyclic) bond motifs is 5. The van der Waals surface area contributed by atoms with E-state index < -0.39 is 0 Å². The van der Waals surface area contributed by atoms with Crippen molar-refractivity contribution >= 4 is 50.9 Å². The maximum Gasteiger partial charge on any atom is 0.247 e. The Morgan fingerprint density at radius 2 is 1.31 bits per heavy atom. The maximum atomic E-state index is 2.49. The highest BCUT2D eigenvalue weighted by Gasteiger charge is 2.46. The molecule has 2 heteroatoms. The summed E-state index contributed by atoms with van der Waals surface area (Å²) in [7, 11) is 0. The van der Waals surface area contributed by atoms with Gasteiger partial charge in [0.25, 0.3) is 0 Å². The number of hydrogen-bond acceptors (Lipinski definition) is 1. The smallest absolute Gasteiger partial charge is 0.247 e. The summed E-state index contributed by atoms with van der Waals surface area (Å²) < 4.78 is 0. The van der Waals surface area contributed by atoms with Crippen LogP contribution in [-0.2, 0) is 5.41 Å². The molecule has 5 aromatic rings. The zero-order valence-corrected chi connectivity index (χ0v) is 21.7. The molecule has 0 unspecified atom stereocenters. The Kier molecular flexibility index (Phi) is 4.40. The molecule has 0 spiro atoms. The van der Waals surface area contributed by atoms with E-state index >= 15 is 0 Å². The fourth-order valence-corrected chi connectivity index (χ4v) is 6.90. The monoisotopic (exact) mass is 463 g/mol. The average Bonchev–Trinajstić information content (AvgIpc) is 2.86. The second-order valence-corrected chi connectivity index (χ2v) is 11.3. The van der Waals surface area contributed by atoms with Crippen LogP contribution in [0.25, 0.3) is 10.8 Å². The lowest BCUT2D eigenvalue weighted by atomic mass is 9.29. The molecule has 0 radical (unpaired) electrons.